The van der Waals surface area contributed by atoms with E-state index in [1.54, 1.807) is 6.33 Å². The molecule has 0 atom stereocenters. The van der Waals surface area contributed by atoms with Gasteiger partial charge in [0, 0.05) is 33.4 Å². The maximum atomic E-state index is 4.68. The molecule has 36 heavy (non-hydrogen) atoms. The van der Waals surface area contributed by atoms with Crippen LogP contribution in [0.5, 0.6) is 0 Å². The Balaban J connectivity index is 1.71. The Morgan fingerprint density at radius 1 is 0.500 bits per heavy atom. The van der Waals surface area contributed by atoms with Crippen molar-refractivity contribution in [3.05, 3.63) is 122 Å². The van der Waals surface area contributed by atoms with Gasteiger partial charge in [0.1, 0.15) is 12.1 Å². The lowest BCUT2D eigenvalue weighted by Gasteiger charge is -2.09. The lowest BCUT2D eigenvalue weighted by atomic mass is 10.0. The molecule has 0 amide bonds. The molecule has 0 aliphatic rings. The van der Waals surface area contributed by atoms with E-state index in [2.05, 4.69) is 122 Å². The number of rotatable bonds is 2. The fourth-order valence-electron chi connectivity index (χ4n) is 5.83. The highest BCUT2D eigenvalue weighted by atomic mass is 15.1. The summed E-state index contributed by atoms with van der Waals surface area (Å²) < 4.78 is 4.68. The van der Waals surface area contributed by atoms with Crippen LogP contribution in [0.3, 0.4) is 0 Å². The van der Waals surface area contributed by atoms with Gasteiger partial charge in [-0.1, -0.05) is 72.8 Å². The van der Waals surface area contributed by atoms with E-state index in [1.807, 2.05) is 12.3 Å². The van der Waals surface area contributed by atoms with Crippen LogP contribution in [0.25, 0.3) is 65.9 Å². The highest BCUT2D eigenvalue weighted by Gasteiger charge is 2.22. The molecule has 168 valence electrons. The Morgan fingerprint density at radius 3 is 2.11 bits per heavy atom. The van der Waals surface area contributed by atoms with Crippen molar-refractivity contribution in [1.29, 1.82) is 0 Å². The normalized spacial score (nSPS) is 11.9. The summed E-state index contributed by atoms with van der Waals surface area (Å²) in [5.74, 6) is 0.865. The molecule has 3 heterocycles. The second-order valence-corrected chi connectivity index (χ2v) is 9.13. The molecular weight excluding hydrogens is 440 g/mol. The molecule has 4 nitrogen and oxygen atoms in total. The van der Waals surface area contributed by atoms with Crippen LogP contribution in [0.15, 0.2) is 122 Å². The van der Waals surface area contributed by atoms with Crippen molar-refractivity contribution in [1.82, 2.24) is 19.1 Å². The molecule has 0 radical (unpaired) electrons. The summed E-state index contributed by atoms with van der Waals surface area (Å²) in [7, 11) is 0. The van der Waals surface area contributed by atoms with E-state index in [0.717, 1.165) is 17.0 Å². The van der Waals surface area contributed by atoms with Gasteiger partial charge in [0.2, 0.25) is 0 Å². The minimum absolute atomic E-state index is 0.865. The number of hydrogen-bond acceptors (Lipinski definition) is 2. The largest absolute Gasteiger partial charge is 0.309 e. The quantitative estimate of drug-likeness (QED) is 0.264. The van der Waals surface area contributed by atoms with E-state index in [-0.39, 0.29) is 0 Å². The fraction of sp³-hybridized carbons (Fsp3) is 0. The van der Waals surface area contributed by atoms with Crippen LogP contribution in [0.1, 0.15) is 0 Å². The van der Waals surface area contributed by atoms with E-state index in [1.165, 1.54) is 48.9 Å². The van der Waals surface area contributed by atoms with E-state index in [0.29, 0.717) is 0 Å². The lowest BCUT2D eigenvalue weighted by molar-refractivity contribution is 1.04. The molecule has 0 fully saturated rings. The SMILES string of the molecule is c1ccc(-n2c3ccc4ccccc4c3c3c2ccc2c4ccccc4n(-c4ccncn4)c23)cc1. The molecule has 8 aromatic rings. The number of nitrogens with zero attached hydrogens (tertiary/aromatic N) is 4. The van der Waals surface area contributed by atoms with Gasteiger partial charge in [-0.3, -0.25) is 4.57 Å². The third kappa shape index (κ3) is 2.53. The first kappa shape index (κ1) is 19.4. The minimum Gasteiger partial charge on any atom is -0.309 e. The number of aromatic nitrogens is 4. The predicted molar refractivity (Wildman–Crippen MR) is 148 cm³/mol. The van der Waals surface area contributed by atoms with Crippen molar-refractivity contribution >= 4 is 54.4 Å². The third-order valence-electron chi connectivity index (χ3n) is 7.26. The molecule has 8 rings (SSSR count). The van der Waals surface area contributed by atoms with Gasteiger partial charge >= 0.3 is 0 Å². The second-order valence-electron chi connectivity index (χ2n) is 9.13. The van der Waals surface area contributed by atoms with Crippen LogP contribution in [0, 0.1) is 0 Å². The average molecular weight is 461 g/mol. The van der Waals surface area contributed by atoms with Crippen LogP contribution in [0.4, 0.5) is 0 Å². The highest BCUT2D eigenvalue weighted by molar-refractivity contribution is 6.31. The van der Waals surface area contributed by atoms with Crippen LogP contribution in [-0.2, 0) is 0 Å². The zero-order chi connectivity index (χ0) is 23.6. The molecule has 0 saturated heterocycles. The van der Waals surface area contributed by atoms with Crippen LogP contribution in [0.2, 0.25) is 0 Å². The molecule has 5 aromatic carbocycles. The predicted octanol–water partition coefficient (Wildman–Crippen LogP) is 7.82. The summed E-state index contributed by atoms with van der Waals surface area (Å²) in [4.78, 5) is 8.86. The first-order valence-corrected chi connectivity index (χ1v) is 12.1. The van der Waals surface area contributed by atoms with Crippen LogP contribution >= 0.6 is 0 Å². The molecule has 3 aromatic heterocycles. The number of para-hydroxylation sites is 2. The van der Waals surface area contributed by atoms with Crippen molar-refractivity contribution in [3.63, 3.8) is 0 Å². The van der Waals surface area contributed by atoms with Gasteiger partial charge in [0.05, 0.1) is 22.1 Å². The third-order valence-corrected chi connectivity index (χ3v) is 7.26. The molecule has 0 unspecified atom stereocenters. The van der Waals surface area contributed by atoms with E-state index >= 15 is 0 Å². The zero-order valence-electron chi connectivity index (χ0n) is 19.3. The smallest absolute Gasteiger partial charge is 0.140 e. The monoisotopic (exact) mass is 460 g/mol. The average Bonchev–Trinajstić information content (AvgIpc) is 3.47. The highest BCUT2D eigenvalue weighted by Crippen LogP contribution is 2.43. The number of hydrogen-bond donors (Lipinski definition) is 0. The van der Waals surface area contributed by atoms with Crippen LogP contribution < -0.4 is 0 Å². The zero-order valence-corrected chi connectivity index (χ0v) is 19.3. The Labute approximate surface area is 206 Å². The molecule has 0 bridgehead atoms. The van der Waals surface area contributed by atoms with Crippen molar-refractivity contribution in [2.75, 3.05) is 0 Å². The Kier molecular flexibility index (Phi) is 3.91. The van der Waals surface area contributed by atoms with Crippen LogP contribution in [-0.4, -0.2) is 19.1 Å². The topological polar surface area (TPSA) is 35.6 Å². The van der Waals surface area contributed by atoms with E-state index < -0.39 is 0 Å². The Bertz CT molecular complexity index is 2080. The Morgan fingerprint density at radius 2 is 1.25 bits per heavy atom. The molecular formula is C32H20N4. The fourth-order valence-corrected chi connectivity index (χ4v) is 5.83. The van der Waals surface area contributed by atoms with Gasteiger partial charge in [0.25, 0.3) is 0 Å². The summed E-state index contributed by atoms with van der Waals surface area (Å²) in [6.07, 6.45) is 3.43. The standard InChI is InChI=1S/C32H20N4/c1-2-9-22(10-3-1)35-27-16-14-21-8-4-5-11-23(21)30(27)31-28(35)17-15-25-24-12-6-7-13-26(24)36(32(25)31)29-18-19-33-20-34-29/h1-20H. The molecule has 0 aliphatic carbocycles. The van der Waals surface area contributed by atoms with Gasteiger partial charge in [0.15, 0.2) is 0 Å². The first-order valence-electron chi connectivity index (χ1n) is 12.1. The van der Waals surface area contributed by atoms with Gasteiger partial charge < -0.3 is 4.57 Å². The summed E-state index contributed by atoms with van der Waals surface area (Å²) in [5, 5.41) is 7.42. The van der Waals surface area contributed by atoms with Crippen molar-refractivity contribution < 1.29 is 0 Å². The second kappa shape index (κ2) is 7.27. The number of benzene rings is 5. The summed E-state index contributed by atoms with van der Waals surface area (Å²) >= 11 is 0. The molecule has 0 saturated carbocycles. The van der Waals surface area contributed by atoms with E-state index in [4.69, 9.17) is 0 Å². The van der Waals surface area contributed by atoms with Crippen molar-refractivity contribution in [2.45, 2.75) is 0 Å². The van der Waals surface area contributed by atoms with Gasteiger partial charge in [-0.25, -0.2) is 9.97 Å². The van der Waals surface area contributed by atoms with Gasteiger partial charge in [-0.15, -0.1) is 0 Å². The molecule has 0 spiro atoms. The molecule has 4 heteroatoms. The van der Waals surface area contributed by atoms with Crippen molar-refractivity contribution in [3.8, 4) is 11.5 Å². The first-order chi connectivity index (χ1) is 17.9. The lowest BCUT2D eigenvalue weighted by Crippen LogP contribution is -1.97. The Hall–Kier alpha value is -4.96. The maximum Gasteiger partial charge on any atom is 0.140 e. The van der Waals surface area contributed by atoms with E-state index in [9.17, 15) is 0 Å². The maximum absolute atomic E-state index is 4.68. The summed E-state index contributed by atoms with van der Waals surface area (Å²) in [6.45, 7) is 0. The summed E-state index contributed by atoms with van der Waals surface area (Å²) in [6, 6.07) is 38.9. The minimum atomic E-state index is 0.865. The van der Waals surface area contributed by atoms with Crippen molar-refractivity contribution in [2.24, 2.45) is 0 Å². The van der Waals surface area contributed by atoms with Gasteiger partial charge in [-0.2, -0.15) is 0 Å². The number of fused-ring (bicyclic) bond motifs is 9. The van der Waals surface area contributed by atoms with Gasteiger partial charge in [-0.05, 0) is 47.2 Å². The molecule has 0 N–H and O–H groups in total. The summed E-state index contributed by atoms with van der Waals surface area (Å²) in [5.41, 5.74) is 5.83. The molecule has 0 aliphatic heterocycles.